The van der Waals surface area contributed by atoms with Gasteiger partial charge in [-0.2, -0.15) is 5.10 Å². The van der Waals surface area contributed by atoms with Crippen molar-refractivity contribution < 1.29 is 23.8 Å². The molecule has 0 aliphatic carbocycles. The largest absolute Gasteiger partial charge is 0.546 e. The lowest BCUT2D eigenvalue weighted by atomic mass is 10.1. The third kappa shape index (κ3) is 5.42. The SMILES string of the molecule is CC/C(=N/NC(=O)c1ccc(F)cc1)c1ccc(OCC(=O)[O-])cc1. The van der Waals surface area contributed by atoms with E-state index in [9.17, 15) is 19.1 Å². The number of halogens is 1. The van der Waals surface area contributed by atoms with E-state index in [1.165, 1.54) is 24.3 Å². The van der Waals surface area contributed by atoms with E-state index in [2.05, 4.69) is 10.5 Å². The molecule has 0 aliphatic heterocycles. The monoisotopic (exact) mass is 343 g/mol. The van der Waals surface area contributed by atoms with Gasteiger partial charge in [0.25, 0.3) is 5.91 Å². The third-order valence-electron chi connectivity index (χ3n) is 3.28. The molecule has 0 fully saturated rings. The van der Waals surface area contributed by atoms with Gasteiger partial charge < -0.3 is 14.6 Å². The summed E-state index contributed by atoms with van der Waals surface area (Å²) < 4.78 is 17.9. The first-order valence-corrected chi connectivity index (χ1v) is 7.55. The van der Waals surface area contributed by atoms with Crippen LogP contribution in [0.2, 0.25) is 0 Å². The third-order valence-corrected chi connectivity index (χ3v) is 3.28. The number of carbonyl (C=O) groups excluding carboxylic acids is 2. The van der Waals surface area contributed by atoms with E-state index in [0.29, 0.717) is 23.4 Å². The van der Waals surface area contributed by atoms with Crippen molar-refractivity contribution in [1.82, 2.24) is 5.43 Å². The van der Waals surface area contributed by atoms with Crippen molar-refractivity contribution in [1.29, 1.82) is 0 Å². The van der Waals surface area contributed by atoms with E-state index >= 15 is 0 Å². The number of carboxylic acids is 1. The zero-order chi connectivity index (χ0) is 18.2. The van der Waals surface area contributed by atoms with Crippen molar-refractivity contribution in [2.75, 3.05) is 6.61 Å². The van der Waals surface area contributed by atoms with Gasteiger partial charge in [-0.15, -0.1) is 0 Å². The van der Waals surface area contributed by atoms with Crippen LogP contribution in [0.25, 0.3) is 0 Å². The molecule has 0 bridgehead atoms. The van der Waals surface area contributed by atoms with Gasteiger partial charge in [0.05, 0.1) is 11.7 Å². The van der Waals surface area contributed by atoms with E-state index in [4.69, 9.17) is 4.74 Å². The van der Waals surface area contributed by atoms with Crippen LogP contribution < -0.4 is 15.3 Å². The molecular formula is C18H16FN2O4-. The van der Waals surface area contributed by atoms with E-state index in [-0.39, 0.29) is 0 Å². The second-order valence-corrected chi connectivity index (χ2v) is 5.04. The maximum Gasteiger partial charge on any atom is 0.271 e. The van der Waals surface area contributed by atoms with Crippen LogP contribution in [-0.2, 0) is 4.79 Å². The highest BCUT2D eigenvalue weighted by molar-refractivity contribution is 6.02. The van der Waals surface area contributed by atoms with Gasteiger partial charge in [-0.1, -0.05) is 6.92 Å². The summed E-state index contributed by atoms with van der Waals surface area (Å²) in [6.45, 7) is 1.35. The number of hydrogen-bond donors (Lipinski definition) is 1. The Bertz CT molecular complexity index is 771. The molecule has 1 amide bonds. The molecular weight excluding hydrogens is 327 g/mol. The number of hydrazone groups is 1. The quantitative estimate of drug-likeness (QED) is 0.609. The lowest BCUT2D eigenvalue weighted by molar-refractivity contribution is -0.307. The van der Waals surface area contributed by atoms with Crippen molar-refractivity contribution in [2.45, 2.75) is 13.3 Å². The molecule has 0 heterocycles. The second-order valence-electron chi connectivity index (χ2n) is 5.04. The van der Waals surface area contributed by atoms with Crippen LogP contribution in [0, 0.1) is 5.82 Å². The summed E-state index contributed by atoms with van der Waals surface area (Å²) in [7, 11) is 0. The maximum absolute atomic E-state index is 12.9. The van der Waals surface area contributed by atoms with Crippen LogP contribution in [0.5, 0.6) is 5.75 Å². The van der Waals surface area contributed by atoms with Crippen LogP contribution in [-0.4, -0.2) is 24.2 Å². The van der Waals surface area contributed by atoms with Crippen molar-refractivity contribution in [3.63, 3.8) is 0 Å². The highest BCUT2D eigenvalue weighted by Crippen LogP contribution is 2.14. The van der Waals surface area contributed by atoms with E-state index < -0.39 is 24.3 Å². The number of nitrogens with one attached hydrogen (secondary N) is 1. The van der Waals surface area contributed by atoms with Crippen LogP contribution in [0.15, 0.2) is 53.6 Å². The highest BCUT2D eigenvalue weighted by atomic mass is 19.1. The van der Waals surface area contributed by atoms with Crippen LogP contribution in [0.1, 0.15) is 29.3 Å². The van der Waals surface area contributed by atoms with Crippen molar-refractivity contribution in [3.8, 4) is 5.75 Å². The van der Waals surface area contributed by atoms with Gasteiger partial charge in [0.2, 0.25) is 0 Å². The van der Waals surface area contributed by atoms with Gasteiger partial charge >= 0.3 is 0 Å². The molecule has 130 valence electrons. The topological polar surface area (TPSA) is 90.8 Å². The Morgan fingerprint density at radius 1 is 1.08 bits per heavy atom. The number of ether oxygens (including phenoxy) is 1. The molecule has 1 N–H and O–H groups in total. The minimum absolute atomic E-state index is 0.298. The molecule has 2 rings (SSSR count). The fraction of sp³-hybridized carbons (Fsp3) is 0.167. The summed E-state index contributed by atoms with van der Waals surface area (Å²) >= 11 is 0. The number of amides is 1. The first-order chi connectivity index (χ1) is 12.0. The number of hydrogen-bond acceptors (Lipinski definition) is 5. The molecule has 0 saturated heterocycles. The predicted octanol–water partition coefficient (Wildman–Crippen LogP) is 1.50. The maximum atomic E-state index is 12.9. The smallest absolute Gasteiger partial charge is 0.271 e. The number of carboxylic acid groups (broad SMARTS) is 1. The van der Waals surface area contributed by atoms with Crippen LogP contribution in [0.3, 0.4) is 0 Å². The Morgan fingerprint density at radius 2 is 1.68 bits per heavy atom. The standard InChI is InChI=1S/C18H17FN2O4/c1-2-16(12-5-9-15(10-6-12)25-11-17(22)23)20-21-18(24)13-3-7-14(19)8-4-13/h3-10H,2,11H2,1H3,(H,21,24)(H,22,23)/p-1/b20-16-. The van der Waals surface area contributed by atoms with Gasteiger partial charge in [0, 0.05) is 5.56 Å². The first-order valence-electron chi connectivity index (χ1n) is 7.55. The normalized spacial score (nSPS) is 11.0. The van der Waals surface area contributed by atoms with Crippen molar-refractivity contribution in [2.24, 2.45) is 5.10 Å². The van der Waals surface area contributed by atoms with Crippen LogP contribution >= 0.6 is 0 Å². The summed E-state index contributed by atoms with van der Waals surface area (Å²) in [5, 5.41) is 14.5. The molecule has 2 aromatic rings. The second kappa shape index (κ2) is 8.58. The summed E-state index contributed by atoms with van der Waals surface area (Å²) in [5.41, 5.74) is 4.11. The summed E-state index contributed by atoms with van der Waals surface area (Å²) in [5.74, 6) is -1.78. The average Bonchev–Trinajstić information content (AvgIpc) is 2.61. The molecule has 0 aliphatic rings. The Balaban J connectivity index is 2.05. The van der Waals surface area contributed by atoms with Gasteiger partial charge in [-0.25, -0.2) is 9.82 Å². The predicted molar refractivity (Wildman–Crippen MR) is 87.6 cm³/mol. The van der Waals surface area contributed by atoms with Gasteiger partial charge in [0.1, 0.15) is 18.2 Å². The first kappa shape index (κ1) is 18.1. The van der Waals surface area contributed by atoms with Gasteiger partial charge in [-0.05, 0) is 60.5 Å². The Morgan fingerprint density at radius 3 is 2.24 bits per heavy atom. The zero-order valence-corrected chi connectivity index (χ0v) is 13.5. The number of rotatable bonds is 7. The Labute approximate surface area is 143 Å². The molecule has 2 aromatic carbocycles. The highest BCUT2D eigenvalue weighted by Gasteiger charge is 2.07. The number of carbonyl (C=O) groups is 2. The lowest BCUT2D eigenvalue weighted by Crippen LogP contribution is -2.28. The summed E-state index contributed by atoms with van der Waals surface area (Å²) in [6, 6.07) is 11.8. The van der Waals surface area contributed by atoms with Gasteiger partial charge in [0.15, 0.2) is 0 Å². The van der Waals surface area contributed by atoms with E-state index in [0.717, 1.165) is 5.56 Å². The van der Waals surface area contributed by atoms with Crippen molar-refractivity contribution in [3.05, 3.63) is 65.5 Å². The molecule has 0 aromatic heterocycles. The molecule has 0 unspecified atom stereocenters. The molecule has 0 atom stereocenters. The summed E-state index contributed by atoms with van der Waals surface area (Å²) in [6.07, 6.45) is 0.558. The van der Waals surface area contributed by atoms with E-state index in [1.54, 1.807) is 24.3 Å². The van der Waals surface area contributed by atoms with Crippen LogP contribution in [0.4, 0.5) is 4.39 Å². The molecule has 7 heteroatoms. The summed E-state index contributed by atoms with van der Waals surface area (Å²) in [4.78, 5) is 22.4. The minimum Gasteiger partial charge on any atom is -0.546 e. The molecule has 6 nitrogen and oxygen atoms in total. The Kier molecular flexibility index (Phi) is 6.22. The molecule has 25 heavy (non-hydrogen) atoms. The number of nitrogens with zero attached hydrogens (tertiary/aromatic N) is 1. The number of benzene rings is 2. The molecule has 0 radical (unpaired) electrons. The lowest BCUT2D eigenvalue weighted by Gasteiger charge is -2.09. The van der Waals surface area contributed by atoms with Crippen molar-refractivity contribution >= 4 is 17.6 Å². The Hall–Kier alpha value is -3.22. The average molecular weight is 343 g/mol. The zero-order valence-electron chi connectivity index (χ0n) is 13.5. The van der Waals surface area contributed by atoms with E-state index in [1.807, 2.05) is 6.92 Å². The molecule has 0 spiro atoms. The minimum atomic E-state index is -1.30. The fourth-order valence-electron chi connectivity index (χ4n) is 2.02. The number of aliphatic carboxylic acids is 1. The molecule has 0 saturated carbocycles. The van der Waals surface area contributed by atoms with Gasteiger partial charge in [-0.3, -0.25) is 4.79 Å². The fourth-order valence-corrected chi connectivity index (χ4v) is 2.02.